The number of hydrogen-bond acceptors (Lipinski definition) is 3. The lowest BCUT2D eigenvalue weighted by Crippen LogP contribution is -2.43. The Hall–Kier alpha value is -2.79. The van der Waals surface area contributed by atoms with Crippen molar-refractivity contribution in [1.29, 1.82) is 0 Å². The summed E-state index contributed by atoms with van der Waals surface area (Å²) < 4.78 is 7.98. The fraction of sp³-hybridized carbons (Fsp3) is 0.545. The van der Waals surface area contributed by atoms with E-state index in [1.807, 2.05) is 30.5 Å². The first-order valence-corrected chi connectivity index (χ1v) is 14.8. The third kappa shape index (κ3) is 5.93. The maximum atomic E-state index is 13.3. The Morgan fingerprint density at radius 2 is 1.82 bits per heavy atom. The fourth-order valence-electron chi connectivity index (χ4n) is 7.04. The molecule has 1 aromatic heterocycles. The predicted octanol–water partition coefficient (Wildman–Crippen LogP) is 7.10. The van der Waals surface area contributed by atoms with Crippen molar-refractivity contribution in [3.05, 3.63) is 65.4 Å². The van der Waals surface area contributed by atoms with Gasteiger partial charge in [0, 0.05) is 43.3 Å². The first-order valence-electron chi connectivity index (χ1n) is 14.8. The number of nitrogens with one attached hydrogen (secondary N) is 1. The molecule has 0 spiro atoms. The molecule has 2 saturated heterocycles. The summed E-state index contributed by atoms with van der Waals surface area (Å²) in [6.45, 7) is 6.93. The van der Waals surface area contributed by atoms with Crippen molar-refractivity contribution in [3.8, 4) is 5.75 Å². The highest BCUT2D eigenvalue weighted by atomic mass is 16.5. The van der Waals surface area contributed by atoms with Crippen LogP contribution in [-0.4, -0.2) is 41.1 Å². The van der Waals surface area contributed by atoms with E-state index in [-0.39, 0.29) is 5.91 Å². The number of aryl methyl sites for hydroxylation is 2. The molecule has 3 aromatic rings. The highest BCUT2D eigenvalue weighted by Gasteiger charge is 2.39. The number of amides is 1. The van der Waals surface area contributed by atoms with Crippen LogP contribution in [0.1, 0.15) is 86.2 Å². The number of nitrogens with zero attached hydrogens (tertiary/aromatic N) is 2. The monoisotopic (exact) mass is 515 g/mol. The number of methoxy groups -OCH3 is 1. The molecule has 1 unspecified atom stereocenters. The summed E-state index contributed by atoms with van der Waals surface area (Å²) in [6, 6.07) is 15.9. The van der Waals surface area contributed by atoms with Gasteiger partial charge in [0.1, 0.15) is 5.75 Å². The predicted molar refractivity (Wildman–Crippen MR) is 156 cm³/mol. The van der Waals surface area contributed by atoms with Crippen LogP contribution < -0.4 is 10.1 Å². The van der Waals surface area contributed by atoms with E-state index in [1.54, 1.807) is 7.11 Å². The lowest BCUT2D eigenvalue weighted by Gasteiger charge is -2.39. The van der Waals surface area contributed by atoms with Crippen LogP contribution in [0.2, 0.25) is 0 Å². The molecule has 2 aliphatic heterocycles. The van der Waals surface area contributed by atoms with E-state index in [0.717, 1.165) is 65.3 Å². The van der Waals surface area contributed by atoms with Gasteiger partial charge in [0.15, 0.2) is 0 Å². The molecule has 5 heteroatoms. The average Bonchev–Trinajstić information content (AvgIpc) is 3.41. The maximum Gasteiger partial charge on any atom is 0.253 e. The van der Waals surface area contributed by atoms with Gasteiger partial charge in [-0.3, -0.25) is 9.69 Å². The second-order valence-corrected chi connectivity index (χ2v) is 11.6. The van der Waals surface area contributed by atoms with Crippen LogP contribution in [0, 0.1) is 12.8 Å². The van der Waals surface area contributed by atoms with Crippen LogP contribution in [-0.2, 0) is 13.1 Å². The van der Waals surface area contributed by atoms with Gasteiger partial charge in [0.05, 0.1) is 18.2 Å². The second-order valence-electron chi connectivity index (χ2n) is 11.6. The highest BCUT2D eigenvalue weighted by Crippen LogP contribution is 2.40. The third-order valence-electron chi connectivity index (χ3n) is 8.87. The zero-order chi connectivity index (χ0) is 26.5. The van der Waals surface area contributed by atoms with Gasteiger partial charge in [-0.2, -0.15) is 0 Å². The minimum atomic E-state index is -0.0355. The van der Waals surface area contributed by atoms with E-state index >= 15 is 0 Å². The molecule has 3 atom stereocenters. The number of benzene rings is 2. The smallest absolute Gasteiger partial charge is 0.253 e. The molecule has 204 valence electrons. The number of ether oxygens (including phenoxy) is 1. The van der Waals surface area contributed by atoms with Crippen molar-refractivity contribution in [2.24, 2.45) is 5.92 Å². The van der Waals surface area contributed by atoms with E-state index in [2.05, 4.69) is 46.8 Å². The Balaban J connectivity index is 1.24. The number of carbonyl (C=O) groups excluding carboxylic acids is 1. The van der Waals surface area contributed by atoms with Crippen LogP contribution in [0.25, 0.3) is 10.9 Å². The molecule has 3 heterocycles. The first kappa shape index (κ1) is 26.8. The lowest BCUT2D eigenvalue weighted by molar-refractivity contribution is 0.0952. The summed E-state index contributed by atoms with van der Waals surface area (Å²) in [6.07, 6.45) is 14.2. The number of para-hydroxylation sites is 1. The summed E-state index contributed by atoms with van der Waals surface area (Å²) in [4.78, 5) is 16.1. The Morgan fingerprint density at radius 1 is 1.03 bits per heavy atom. The van der Waals surface area contributed by atoms with Crippen molar-refractivity contribution in [2.45, 2.75) is 96.8 Å². The van der Waals surface area contributed by atoms with Crippen LogP contribution >= 0.6 is 0 Å². The van der Waals surface area contributed by atoms with Crippen molar-refractivity contribution >= 4 is 16.8 Å². The fourth-order valence-corrected chi connectivity index (χ4v) is 7.04. The van der Waals surface area contributed by atoms with Gasteiger partial charge in [0.25, 0.3) is 5.91 Å². The largest absolute Gasteiger partial charge is 0.495 e. The number of piperidine rings is 1. The normalized spacial score (nSPS) is 21.2. The van der Waals surface area contributed by atoms with Gasteiger partial charge >= 0.3 is 0 Å². The van der Waals surface area contributed by atoms with Gasteiger partial charge < -0.3 is 14.6 Å². The number of aromatic nitrogens is 1. The molecule has 1 amide bonds. The third-order valence-corrected chi connectivity index (χ3v) is 8.87. The number of unbranched alkanes of at least 4 members (excludes halogenated alkanes) is 2. The molecule has 1 N–H and O–H groups in total. The van der Waals surface area contributed by atoms with E-state index in [9.17, 15) is 4.79 Å². The van der Waals surface area contributed by atoms with Crippen LogP contribution in [0.15, 0.2) is 48.7 Å². The quantitative estimate of drug-likeness (QED) is 0.262. The molecule has 0 aliphatic carbocycles. The zero-order valence-corrected chi connectivity index (χ0v) is 23.5. The van der Waals surface area contributed by atoms with Crippen molar-refractivity contribution in [1.82, 2.24) is 14.8 Å². The number of fused-ring (bicyclic) bond motifs is 3. The number of hydrogen-bond donors (Lipinski definition) is 1. The summed E-state index contributed by atoms with van der Waals surface area (Å²) in [7, 11) is 1.71. The van der Waals surface area contributed by atoms with Crippen molar-refractivity contribution < 1.29 is 9.53 Å². The molecule has 0 saturated carbocycles. The minimum Gasteiger partial charge on any atom is -0.495 e. The van der Waals surface area contributed by atoms with Crippen molar-refractivity contribution in [2.75, 3.05) is 13.7 Å². The van der Waals surface area contributed by atoms with E-state index in [1.165, 1.54) is 56.9 Å². The van der Waals surface area contributed by atoms with E-state index in [4.69, 9.17) is 4.74 Å². The average molecular weight is 516 g/mol. The maximum absolute atomic E-state index is 13.3. The standard InChI is InChI=1S/C33H45N3O2/c1-4-5-6-11-25-20-27-15-16-28(21-25)36(27)18-9-17-35-23-30(29-13-8-14-31(38-3)32(29)35)33(37)34-22-26-12-7-10-24(2)19-26/h7-8,10,12-14,19,23,25,27-28H,4-6,9,11,15-18,20-22H2,1-3H3,(H,34,37)/t25?,27-,28+. The van der Waals surface area contributed by atoms with Crippen LogP contribution in [0.4, 0.5) is 0 Å². The number of rotatable bonds is 12. The molecule has 2 fully saturated rings. The number of carbonyl (C=O) groups is 1. The Morgan fingerprint density at radius 3 is 2.55 bits per heavy atom. The van der Waals surface area contributed by atoms with Gasteiger partial charge in [-0.15, -0.1) is 0 Å². The van der Waals surface area contributed by atoms with Gasteiger partial charge in [-0.05, 0) is 56.6 Å². The molecule has 38 heavy (non-hydrogen) atoms. The molecule has 2 aliphatic rings. The summed E-state index contributed by atoms with van der Waals surface area (Å²) in [5, 5.41) is 4.09. The Labute approximate surface area is 228 Å². The SMILES string of the molecule is CCCCCC1C[C@H]2CC[C@@H](C1)N2CCCn1cc(C(=O)NCc2cccc(C)c2)c2cccc(OC)c21. The van der Waals surface area contributed by atoms with Crippen LogP contribution in [0.5, 0.6) is 5.75 Å². The molecule has 0 radical (unpaired) electrons. The summed E-state index contributed by atoms with van der Waals surface area (Å²) >= 11 is 0. The molecule has 5 nitrogen and oxygen atoms in total. The minimum absolute atomic E-state index is 0.0355. The molecule has 2 aromatic carbocycles. The van der Waals surface area contributed by atoms with Gasteiger partial charge in [0.2, 0.25) is 0 Å². The molecule has 5 rings (SSSR count). The summed E-state index contributed by atoms with van der Waals surface area (Å²) in [5.41, 5.74) is 4.06. The molecular weight excluding hydrogens is 470 g/mol. The zero-order valence-electron chi connectivity index (χ0n) is 23.5. The topological polar surface area (TPSA) is 46.5 Å². The lowest BCUT2D eigenvalue weighted by atomic mass is 9.86. The summed E-state index contributed by atoms with van der Waals surface area (Å²) in [5.74, 6) is 1.73. The van der Waals surface area contributed by atoms with Crippen molar-refractivity contribution in [3.63, 3.8) is 0 Å². The Kier molecular flexibility index (Phi) is 8.73. The van der Waals surface area contributed by atoms with Gasteiger partial charge in [-0.25, -0.2) is 0 Å². The highest BCUT2D eigenvalue weighted by molar-refractivity contribution is 6.08. The van der Waals surface area contributed by atoms with E-state index < -0.39 is 0 Å². The first-order chi connectivity index (χ1) is 18.6. The molecule has 2 bridgehead atoms. The van der Waals surface area contributed by atoms with E-state index in [0.29, 0.717) is 6.54 Å². The molecular formula is C33H45N3O2. The second kappa shape index (κ2) is 12.4. The van der Waals surface area contributed by atoms with Crippen LogP contribution in [0.3, 0.4) is 0 Å². The van der Waals surface area contributed by atoms with Gasteiger partial charge in [-0.1, -0.05) is 74.6 Å². The Bertz CT molecular complexity index is 1220.